The summed E-state index contributed by atoms with van der Waals surface area (Å²) in [5, 5.41) is 1.08. The molecular weight excluding hydrogens is 280 g/mol. The number of likely N-dealkylation sites (tertiary alicyclic amines) is 1. The van der Waals surface area contributed by atoms with Gasteiger partial charge >= 0.3 is 0 Å². The van der Waals surface area contributed by atoms with Crippen molar-refractivity contribution in [3.05, 3.63) is 35.5 Å². The van der Waals surface area contributed by atoms with Crippen LogP contribution in [0.1, 0.15) is 28.9 Å². The first-order valence-electron chi connectivity index (χ1n) is 7.82. The van der Waals surface area contributed by atoms with Crippen molar-refractivity contribution in [1.82, 2.24) is 9.88 Å². The number of benzene rings is 1. The molecule has 2 aliphatic heterocycles. The number of hydrogen-bond donors (Lipinski definition) is 1. The molecule has 1 aromatic carbocycles. The Balaban J connectivity index is 1.51. The van der Waals surface area contributed by atoms with Crippen LogP contribution in [0.3, 0.4) is 0 Å². The van der Waals surface area contributed by atoms with E-state index in [2.05, 4.69) is 11.1 Å². The Morgan fingerprint density at radius 2 is 1.91 bits per heavy atom. The zero-order chi connectivity index (χ0) is 15.2. The molecule has 2 saturated heterocycles. The number of H-pyrrole nitrogens is 1. The normalized spacial score (nSPS) is 20.9. The third-order valence-corrected chi connectivity index (χ3v) is 4.63. The molecular formula is C17H20N2O3. The Hall–Kier alpha value is -1.85. The van der Waals surface area contributed by atoms with E-state index >= 15 is 0 Å². The van der Waals surface area contributed by atoms with Gasteiger partial charge in [-0.2, -0.15) is 0 Å². The van der Waals surface area contributed by atoms with Crippen LogP contribution in [0.4, 0.5) is 0 Å². The van der Waals surface area contributed by atoms with E-state index in [0.717, 1.165) is 35.0 Å². The summed E-state index contributed by atoms with van der Waals surface area (Å²) in [7, 11) is 0. The fraction of sp³-hybridized carbons (Fsp3) is 0.471. The molecule has 0 bridgehead atoms. The number of amides is 1. The van der Waals surface area contributed by atoms with E-state index in [9.17, 15) is 4.79 Å². The third kappa shape index (κ3) is 2.30. The van der Waals surface area contributed by atoms with Crippen molar-refractivity contribution in [1.29, 1.82) is 0 Å². The Morgan fingerprint density at radius 3 is 2.64 bits per heavy atom. The number of aryl methyl sites for hydroxylation is 1. The van der Waals surface area contributed by atoms with Crippen LogP contribution < -0.4 is 0 Å². The monoisotopic (exact) mass is 300 g/mol. The van der Waals surface area contributed by atoms with Gasteiger partial charge in [0, 0.05) is 48.1 Å². The first kappa shape index (κ1) is 13.8. The van der Waals surface area contributed by atoms with Crippen LogP contribution in [0.2, 0.25) is 0 Å². The van der Waals surface area contributed by atoms with E-state index in [1.165, 1.54) is 0 Å². The molecule has 2 aliphatic rings. The predicted molar refractivity (Wildman–Crippen MR) is 82.8 cm³/mol. The minimum Gasteiger partial charge on any atom is -0.359 e. The molecule has 2 aromatic rings. The number of aromatic nitrogens is 1. The van der Waals surface area contributed by atoms with Crippen molar-refractivity contribution in [3.63, 3.8) is 0 Å². The second-order valence-corrected chi connectivity index (χ2v) is 6.15. The lowest BCUT2D eigenvalue weighted by atomic mass is 10.0. The average Bonchev–Trinajstić information content (AvgIpc) is 3.12. The fourth-order valence-corrected chi connectivity index (χ4v) is 3.43. The molecule has 1 spiro atoms. The van der Waals surface area contributed by atoms with Gasteiger partial charge in [0.2, 0.25) is 0 Å². The van der Waals surface area contributed by atoms with Crippen molar-refractivity contribution >= 4 is 16.8 Å². The van der Waals surface area contributed by atoms with Gasteiger partial charge < -0.3 is 19.4 Å². The lowest BCUT2D eigenvalue weighted by Gasteiger charge is -2.37. The van der Waals surface area contributed by atoms with Crippen molar-refractivity contribution in [2.24, 2.45) is 0 Å². The molecule has 5 nitrogen and oxygen atoms in total. The second-order valence-electron chi connectivity index (χ2n) is 6.15. The minimum absolute atomic E-state index is 0.0913. The molecule has 4 rings (SSSR count). The van der Waals surface area contributed by atoms with Gasteiger partial charge in [-0.1, -0.05) is 0 Å². The summed E-state index contributed by atoms with van der Waals surface area (Å²) in [5.41, 5.74) is 2.92. The lowest BCUT2D eigenvalue weighted by molar-refractivity contribution is -0.181. The zero-order valence-electron chi connectivity index (χ0n) is 12.7. The molecule has 1 N–H and O–H groups in total. The molecule has 2 fully saturated rings. The van der Waals surface area contributed by atoms with Crippen molar-refractivity contribution in [2.45, 2.75) is 25.6 Å². The molecule has 3 heterocycles. The summed E-state index contributed by atoms with van der Waals surface area (Å²) >= 11 is 0. The molecule has 0 unspecified atom stereocenters. The van der Waals surface area contributed by atoms with Crippen LogP contribution in [0.5, 0.6) is 0 Å². The highest BCUT2D eigenvalue weighted by Gasteiger charge is 2.40. The summed E-state index contributed by atoms with van der Waals surface area (Å²) < 4.78 is 11.4. The number of ether oxygens (including phenoxy) is 2. The fourth-order valence-electron chi connectivity index (χ4n) is 3.43. The number of nitrogens with zero attached hydrogens (tertiary/aromatic N) is 1. The van der Waals surface area contributed by atoms with E-state index in [-0.39, 0.29) is 5.91 Å². The number of carbonyl (C=O) groups excluding carboxylic acids is 1. The molecule has 0 atom stereocenters. The van der Waals surface area contributed by atoms with Crippen LogP contribution in [0, 0.1) is 6.92 Å². The SMILES string of the molecule is Cc1cc2cc(C(=O)N3CCC4(CC3)OCCO4)ccc2[nH]1. The van der Waals surface area contributed by atoms with Gasteiger partial charge in [0.25, 0.3) is 5.91 Å². The standard InChI is InChI=1S/C17H20N2O3/c1-12-10-14-11-13(2-3-15(14)18-12)16(20)19-6-4-17(5-7-19)21-8-9-22-17/h2-3,10-11,18H,4-9H2,1H3. The molecule has 0 radical (unpaired) electrons. The van der Waals surface area contributed by atoms with Crippen LogP contribution >= 0.6 is 0 Å². The van der Waals surface area contributed by atoms with Crippen molar-refractivity contribution in [2.75, 3.05) is 26.3 Å². The quantitative estimate of drug-likeness (QED) is 0.880. The summed E-state index contributed by atoms with van der Waals surface area (Å²) in [5.74, 6) is -0.341. The largest absolute Gasteiger partial charge is 0.359 e. The van der Waals surface area contributed by atoms with Gasteiger partial charge in [-0.25, -0.2) is 0 Å². The molecule has 0 saturated carbocycles. The Morgan fingerprint density at radius 1 is 1.18 bits per heavy atom. The lowest BCUT2D eigenvalue weighted by Crippen LogP contribution is -2.47. The van der Waals surface area contributed by atoms with E-state index < -0.39 is 5.79 Å². The second kappa shape index (κ2) is 5.11. The van der Waals surface area contributed by atoms with Gasteiger partial charge in [0.15, 0.2) is 5.79 Å². The maximum atomic E-state index is 12.7. The summed E-state index contributed by atoms with van der Waals surface area (Å²) in [6.45, 7) is 4.72. The predicted octanol–water partition coefficient (Wildman–Crippen LogP) is 2.46. The van der Waals surface area contributed by atoms with E-state index in [1.54, 1.807) is 0 Å². The molecule has 22 heavy (non-hydrogen) atoms. The Labute approximate surface area is 129 Å². The molecule has 5 heteroatoms. The van der Waals surface area contributed by atoms with E-state index in [1.807, 2.05) is 30.0 Å². The number of aromatic amines is 1. The summed E-state index contributed by atoms with van der Waals surface area (Å²) in [6, 6.07) is 7.91. The number of piperidine rings is 1. The van der Waals surface area contributed by atoms with Gasteiger partial charge in [0.05, 0.1) is 13.2 Å². The average molecular weight is 300 g/mol. The van der Waals surface area contributed by atoms with Crippen molar-refractivity contribution in [3.8, 4) is 0 Å². The maximum Gasteiger partial charge on any atom is 0.253 e. The van der Waals surface area contributed by atoms with E-state index in [4.69, 9.17) is 9.47 Å². The van der Waals surface area contributed by atoms with Crippen LogP contribution in [0.25, 0.3) is 10.9 Å². The smallest absolute Gasteiger partial charge is 0.253 e. The van der Waals surface area contributed by atoms with Crippen LogP contribution in [0.15, 0.2) is 24.3 Å². The van der Waals surface area contributed by atoms with Crippen LogP contribution in [-0.2, 0) is 9.47 Å². The maximum absolute atomic E-state index is 12.7. The number of fused-ring (bicyclic) bond motifs is 1. The van der Waals surface area contributed by atoms with Gasteiger partial charge in [-0.3, -0.25) is 4.79 Å². The first-order valence-corrected chi connectivity index (χ1v) is 7.82. The topological polar surface area (TPSA) is 54.6 Å². The van der Waals surface area contributed by atoms with Gasteiger partial charge in [-0.05, 0) is 31.2 Å². The molecule has 0 aliphatic carbocycles. The minimum atomic E-state index is -0.432. The number of hydrogen-bond acceptors (Lipinski definition) is 3. The van der Waals surface area contributed by atoms with E-state index in [0.29, 0.717) is 26.3 Å². The highest BCUT2D eigenvalue weighted by atomic mass is 16.7. The van der Waals surface area contributed by atoms with Crippen LogP contribution in [-0.4, -0.2) is 47.9 Å². The third-order valence-electron chi connectivity index (χ3n) is 4.63. The summed E-state index contributed by atoms with van der Waals surface area (Å²) in [6.07, 6.45) is 1.51. The van der Waals surface area contributed by atoms with Gasteiger partial charge in [0.1, 0.15) is 0 Å². The molecule has 1 aromatic heterocycles. The Bertz CT molecular complexity index is 706. The highest BCUT2D eigenvalue weighted by Crippen LogP contribution is 2.31. The molecule has 1 amide bonds. The number of carbonyl (C=O) groups is 1. The highest BCUT2D eigenvalue weighted by molar-refractivity contribution is 5.98. The zero-order valence-corrected chi connectivity index (χ0v) is 12.7. The number of rotatable bonds is 1. The van der Waals surface area contributed by atoms with Gasteiger partial charge in [-0.15, -0.1) is 0 Å². The summed E-state index contributed by atoms with van der Waals surface area (Å²) in [4.78, 5) is 17.9. The van der Waals surface area contributed by atoms with Crippen molar-refractivity contribution < 1.29 is 14.3 Å². The number of nitrogens with one attached hydrogen (secondary N) is 1. The molecule has 116 valence electrons. The Kier molecular flexibility index (Phi) is 3.20. The first-order chi connectivity index (χ1) is 10.7.